The zero-order valence-electron chi connectivity index (χ0n) is 12.7. The number of nitrogens with zero attached hydrogens (tertiary/aromatic N) is 3. The maximum absolute atomic E-state index is 9.37. The molecule has 24 heavy (non-hydrogen) atoms. The van der Waals surface area contributed by atoms with Crippen LogP contribution in [-0.4, -0.2) is 9.97 Å². The van der Waals surface area contributed by atoms with Crippen molar-refractivity contribution in [2.24, 2.45) is 0 Å². The Hall–Kier alpha value is -2.75. The smallest absolute Gasteiger partial charge is 0.163 e. The Bertz CT molecular complexity index is 1060. The van der Waals surface area contributed by atoms with Crippen molar-refractivity contribution in [2.75, 3.05) is 0 Å². The highest BCUT2D eigenvalue weighted by Crippen LogP contribution is 2.32. The number of thiazole rings is 2. The summed E-state index contributed by atoms with van der Waals surface area (Å²) in [6, 6.07) is 13.9. The molecule has 0 aliphatic rings. The van der Waals surface area contributed by atoms with Crippen molar-refractivity contribution in [3.63, 3.8) is 0 Å². The number of aromatic nitrogens is 2. The number of nitriles is 1. The van der Waals surface area contributed by atoms with Gasteiger partial charge in [0.25, 0.3) is 0 Å². The Morgan fingerprint density at radius 1 is 1.21 bits per heavy atom. The van der Waals surface area contributed by atoms with Crippen LogP contribution in [0.3, 0.4) is 0 Å². The summed E-state index contributed by atoms with van der Waals surface area (Å²) in [5.41, 5.74) is 2.37. The van der Waals surface area contributed by atoms with Gasteiger partial charge >= 0.3 is 0 Å². The summed E-state index contributed by atoms with van der Waals surface area (Å²) in [4.78, 5) is 8.93. The number of benzene rings is 1. The van der Waals surface area contributed by atoms with E-state index < -0.39 is 0 Å². The summed E-state index contributed by atoms with van der Waals surface area (Å²) in [6.45, 7) is 1.91. The van der Waals surface area contributed by atoms with E-state index in [1.165, 1.54) is 11.3 Å². The second-order valence-electron chi connectivity index (χ2n) is 5.15. The summed E-state index contributed by atoms with van der Waals surface area (Å²) in [5, 5.41) is 12.8. The van der Waals surface area contributed by atoms with Crippen molar-refractivity contribution in [1.29, 1.82) is 5.26 Å². The van der Waals surface area contributed by atoms with E-state index in [2.05, 4.69) is 16.0 Å². The minimum atomic E-state index is 0.498. The number of aryl methyl sites for hydroxylation is 1. The molecule has 1 aromatic carbocycles. The van der Waals surface area contributed by atoms with Crippen molar-refractivity contribution in [3.05, 3.63) is 58.2 Å². The van der Waals surface area contributed by atoms with Crippen LogP contribution in [0.4, 0.5) is 0 Å². The molecule has 0 radical (unpaired) electrons. The molecular weight excluding hydrogens is 338 g/mol. The van der Waals surface area contributed by atoms with Gasteiger partial charge < -0.3 is 4.42 Å². The molecule has 0 amide bonds. The fourth-order valence-electron chi connectivity index (χ4n) is 2.28. The Morgan fingerprint density at radius 2 is 2.08 bits per heavy atom. The second kappa shape index (κ2) is 6.04. The molecule has 0 fully saturated rings. The van der Waals surface area contributed by atoms with Crippen LogP contribution in [0.15, 0.2) is 46.2 Å². The van der Waals surface area contributed by atoms with Crippen LogP contribution >= 0.6 is 22.7 Å². The van der Waals surface area contributed by atoms with Crippen LogP contribution in [0.1, 0.15) is 16.5 Å². The first-order chi connectivity index (χ1) is 11.7. The van der Waals surface area contributed by atoms with E-state index in [0.717, 1.165) is 20.9 Å². The highest BCUT2D eigenvalue weighted by atomic mass is 32.1. The van der Waals surface area contributed by atoms with Gasteiger partial charge in [0.1, 0.15) is 16.8 Å². The number of allylic oxidation sites excluding steroid dienone is 1. The molecule has 0 saturated carbocycles. The van der Waals surface area contributed by atoms with Crippen molar-refractivity contribution in [2.45, 2.75) is 6.92 Å². The maximum Gasteiger partial charge on any atom is 0.163 e. The molecule has 0 saturated heterocycles. The van der Waals surface area contributed by atoms with E-state index in [1.807, 2.05) is 48.7 Å². The van der Waals surface area contributed by atoms with Crippen LogP contribution in [0.2, 0.25) is 0 Å². The minimum absolute atomic E-state index is 0.498. The molecule has 4 rings (SSSR count). The predicted octanol–water partition coefficient (Wildman–Crippen LogP) is 5.39. The molecule has 0 unspecified atom stereocenters. The molecule has 4 aromatic rings. The molecular formula is C18H11N3OS2. The van der Waals surface area contributed by atoms with Gasteiger partial charge in [0, 0.05) is 17.2 Å². The number of hydrogen-bond donors (Lipinski definition) is 0. The van der Waals surface area contributed by atoms with Crippen molar-refractivity contribution in [3.8, 4) is 16.8 Å². The number of furan rings is 1. The van der Waals surface area contributed by atoms with E-state index in [9.17, 15) is 5.26 Å². The molecule has 0 atom stereocenters. The molecule has 4 nitrogen and oxygen atoms in total. The molecule has 3 aromatic heterocycles. The lowest BCUT2D eigenvalue weighted by molar-refractivity contribution is 0.571. The third-order valence-corrected chi connectivity index (χ3v) is 5.43. The highest BCUT2D eigenvalue weighted by molar-refractivity contribution is 7.21. The van der Waals surface area contributed by atoms with Gasteiger partial charge in [-0.05, 0) is 31.2 Å². The molecule has 0 N–H and O–H groups in total. The van der Waals surface area contributed by atoms with Crippen LogP contribution < -0.4 is 0 Å². The fourth-order valence-corrected chi connectivity index (χ4v) is 3.98. The molecule has 116 valence electrons. The van der Waals surface area contributed by atoms with E-state index >= 15 is 0 Å². The van der Waals surface area contributed by atoms with E-state index in [-0.39, 0.29) is 0 Å². The number of rotatable bonds is 3. The molecule has 0 spiro atoms. The van der Waals surface area contributed by atoms with E-state index in [0.29, 0.717) is 22.1 Å². The maximum atomic E-state index is 9.37. The quantitative estimate of drug-likeness (QED) is 0.465. The van der Waals surface area contributed by atoms with Crippen LogP contribution in [0.5, 0.6) is 0 Å². The van der Waals surface area contributed by atoms with Crippen LogP contribution in [0, 0.1) is 18.3 Å². The Labute approximate surface area is 146 Å². The van der Waals surface area contributed by atoms with Gasteiger partial charge in [-0.3, -0.25) is 0 Å². The van der Waals surface area contributed by atoms with Gasteiger partial charge in [-0.15, -0.1) is 22.7 Å². The normalized spacial score (nSPS) is 11.8. The standard InChI is InChI=1S/C18H11N3OS2/c1-11-10-23-17(20-11)12(9-19)8-13-6-7-15(22-13)18-21-14-4-2-3-5-16(14)24-18/h2-8,10H,1H3/b12-8+. The minimum Gasteiger partial charge on any atom is -0.454 e. The van der Waals surface area contributed by atoms with E-state index in [1.54, 1.807) is 17.4 Å². The molecule has 0 bridgehead atoms. The average molecular weight is 349 g/mol. The third kappa shape index (κ3) is 2.75. The van der Waals surface area contributed by atoms with Gasteiger partial charge in [-0.2, -0.15) is 5.26 Å². The first kappa shape index (κ1) is 14.8. The molecule has 6 heteroatoms. The zero-order chi connectivity index (χ0) is 16.5. The monoisotopic (exact) mass is 349 g/mol. The Kier molecular flexibility index (Phi) is 3.73. The number of fused-ring (bicyclic) bond motifs is 1. The second-order valence-corrected chi connectivity index (χ2v) is 7.04. The zero-order valence-corrected chi connectivity index (χ0v) is 14.3. The highest BCUT2D eigenvalue weighted by Gasteiger charge is 2.11. The lowest BCUT2D eigenvalue weighted by Gasteiger charge is -1.92. The van der Waals surface area contributed by atoms with Gasteiger partial charge in [-0.1, -0.05) is 12.1 Å². The lowest BCUT2D eigenvalue weighted by Crippen LogP contribution is -1.80. The van der Waals surface area contributed by atoms with Crippen molar-refractivity contribution < 1.29 is 4.42 Å². The summed E-state index contributed by atoms with van der Waals surface area (Å²) in [5.74, 6) is 1.32. The van der Waals surface area contributed by atoms with Gasteiger partial charge in [0.05, 0.1) is 15.8 Å². The molecule has 0 aliphatic heterocycles. The predicted molar refractivity (Wildman–Crippen MR) is 97.7 cm³/mol. The third-order valence-electron chi connectivity index (χ3n) is 3.39. The van der Waals surface area contributed by atoms with E-state index in [4.69, 9.17) is 4.42 Å². The Balaban J connectivity index is 1.69. The van der Waals surface area contributed by atoms with Crippen molar-refractivity contribution >= 4 is 44.5 Å². The topological polar surface area (TPSA) is 62.7 Å². The first-order valence-corrected chi connectivity index (χ1v) is 8.92. The average Bonchev–Trinajstić information content (AvgIpc) is 3.31. The SMILES string of the molecule is Cc1csc(/C(C#N)=C/c2ccc(-c3nc4ccccc4s3)o2)n1. The van der Waals surface area contributed by atoms with Crippen LogP contribution in [-0.2, 0) is 0 Å². The summed E-state index contributed by atoms with van der Waals surface area (Å²) < 4.78 is 6.98. The lowest BCUT2D eigenvalue weighted by atomic mass is 10.2. The number of para-hydroxylation sites is 1. The summed E-state index contributed by atoms with van der Waals surface area (Å²) in [7, 11) is 0. The van der Waals surface area contributed by atoms with Gasteiger partial charge in [-0.25, -0.2) is 9.97 Å². The van der Waals surface area contributed by atoms with Gasteiger partial charge in [0.15, 0.2) is 10.8 Å². The first-order valence-electron chi connectivity index (χ1n) is 7.23. The summed E-state index contributed by atoms with van der Waals surface area (Å²) in [6.07, 6.45) is 1.72. The Morgan fingerprint density at radius 3 is 2.83 bits per heavy atom. The van der Waals surface area contributed by atoms with Gasteiger partial charge in [0.2, 0.25) is 0 Å². The summed E-state index contributed by atoms with van der Waals surface area (Å²) >= 11 is 3.04. The number of hydrogen-bond acceptors (Lipinski definition) is 6. The largest absolute Gasteiger partial charge is 0.454 e. The van der Waals surface area contributed by atoms with Crippen LogP contribution in [0.25, 0.3) is 32.6 Å². The molecule has 3 heterocycles. The molecule has 0 aliphatic carbocycles. The van der Waals surface area contributed by atoms with Crippen molar-refractivity contribution in [1.82, 2.24) is 9.97 Å². The fraction of sp³-hybridized carbons (Fsp3) is 0.0556.